The third-order valence-corrected chi connectivity index (χ3v) is 6.97. The van der Waals surface area contributed by atoms with Crippen LogP contribution in [0.2, 0.25) is 0 Å². The molecule has 1 saturated heterocycles. The van der Waals surface area contributed by atoms with Gasteiger partial charge in [0.25, 0.3) is 0 Å². The second-order valence-corrected chi connectivity index (χ2v) is 10.8. The highest BCUT2D eigenvalue weighted by Crippen LogP contribution is 2.18. The minimum atomic E-state index is -0.955. The van der Waals surface area contributed by atoms with Crippen molar-refractivity contribution in [1.29, 1.82) is 0 Å². The third-order valence-electron chi connectivity index (χ3n) is 6.97. The van der Waals surface area contributed by atoms with E-state index in [1.807, 2.05) is 24.3 Å². The van der Waals surface area contributed by atoms with Crippen LogP contribution in [0, 0.1) is 0 Å². The molecule has 3 atom stereocenters. The van der Waals surface area contributed by atoms with Crippen molar-refractivity contribution in [2.24, 2.45) is 11.5 Å². The molecular weight excluding hydrogens is 524 g/mol. The van der Waals surface area contributed by atoms with Gasteiger partial charge in [-0.3, -0.25) is 14.7 Å². The Hall–Kier alpha value is -3.03. The second kappa shape index (κ2) is 12.9. The van der Waals surface area contributed by atoms with Gasteiger partial charge in [0.2, 0.25) is 5.91 Å². The number of nitrogens with two attached hydrogens (primary N) is 2. The number of nitrogens with one attached hydrogen (secondary N) is 2. The van der Waals surface area contributed by atoms with Crippen molar-refractivity contribution in [2.45, 2.75) is 63.4 Å². The minimum Gasteiger partial charge on any atom is -0.393 e. The van der Waals surface area contributed by atoms with Crippen molar-refractivity contribution in [1.82, 2.24) is 24.7 Å². The summed E-state index contributed by atoms with van der Waals surface area (Å²) in [7, 11) is 0. The molecule has 7 N–H and O–H groups in total. The highest BCUT2D eigenvalue weighted by molar-refractivity contribution is 5.89. The van der Waals surface area contributed by atoms with E-state index in [4.69, 9.17) is 11.5 Å². The van der Waals surface area contributed by atoms with Crippen molar-refractivity contribution >= 4 is 30.2 Å². The van der Waals surface area contributed by atoms with Crippen molar-refractivity contribution in [3.05, 3.63) is 52.6 Å². The van der Waals surface area contributed by atoms with E-state index in [1.54, 1.807) is 35.9 Å². The molecule has 0 radical (unpaired) electrons. The lowest BCUT2D eigenvalue weighted by molar-refractivity contribution is -0.137. The van der Waals surface area contributed by atoms with E-state index in [0.717, 1.165) is 12.0 Å². The normalized spacial score (nSPS) is 21.7. The molecule has 1 aromatic carbocycles. The molecule has 2 aromatic rings. The van der Waals surface area contributed by atoms with E-state index in [2.05, 4.69) is 15.6 Å². The molecule has 2 aliphatic rings. The Balaban J connectivity index is 0.00000420. The number of carbonyl (C=O) groups excluding carboxylic acids is 2. The third kappa shape index (κ3) is 7.99. The summed E-state index contributed by atoms with van der Waals surface area (Å²) >= 11 is 0. The summed E-state index contributed by atoms with van der Waals surface area (Å²) < 4.78 is 1.41. The Morgan fingerprint density at radius 1 is 1.05 bits per heavy atom. The highest BCUT2D eigenvalue weighted by atomic mass is 35.5. The summed E-state index contributed by atoms with van der Waals surface area (Å²) in [5, 5.41) is 16.0. The van der Waals surface area contributed by atoms with Gasteiger partial charge in [0, 0.05) is 51.0 Å². The number of carbonyl (C=O) groups is 2. The van der Waals surface area contributed by atoms with E-state index in [1.165, 1.54) is 4.57 Å². The lowest BCUT2D eigenvalue weighted by Crippen LogP contribution is -2.58. The number of benzene rings is 1. The van der Waals surface area contributed by atoms with Crippen LogP contribution in [0.1, 0.15) is 38.7 Å². The highest BCUT2D eigenvalue weighted by Gasteiger charge is 2.31. The van der Waals surface area contributed by atoms with Gasteiger partial charge in [-0.1, -0.05) is 12.1 Å². The Labute approximate surface area is 234 Å². The van der Waals surface area contributed by atoms with Crippen LogP contribution < -0.4 is 27.8 Å². The van der Waals surface area contributed by atoms with Crippen molar-refractivity contribution < 1.29 is 14.7 Å². The first-order chi connectivity index (χ1) is 18.0. The largest absolute Gasteiger partial charge is 0.393 e. The fourth-order valence-corrected chi connectivity index (χ4v) is 4.91. The Kier molecular flexibility index (Phi) is 10.1. The lowest BCUT2D eigenvalue weighted by atomic mass is 9.89. The summed E-state index contributed by atoms with van der Waals surface area (Å²) in [5.41, 5.74) is 12.1. The summed E-state index contributed by atoms with van der Waals surface area (Å²) in [6.07, 6.45) is 3.38. The SMILES string of the molecule is CC(C)(N)C(=O)N1CCN(C(=O)Nc2ccn(-c3ccc(CNC4CC(N)CC(O)C4)cc3)c(=O)n2)CC1.Cl. The molecule has 1 aliphatic heterocycles. The number of aromatic nitrogens is 2. The van der Waals surface area contributed by atoms with Crippen LogP contribution in [0.5, 0.6) is 0 Å². The number of amides is 3. The first-order valence-electron chi connectivity index (χ1n) is 13.0. The molecule has 13 heteroatoms. The Morgan fingerprint density at radius 3 is 2.28 bits per heavy atom. The fraction of sp³-hybridized carbons (Fsp3) is 0.538. The molecular formula is C26H39ClN8O4. The van der Waals surface area contributed by atoms with Gasteiger partial charge in [-0.15, -0.1) is 12.4 Å². The number of piperazine rings is 1. The average Bonchev–Trinajstić information content (AvgIpc) is 2.86. The van der Waals surface area contributed by atoms with Gasteiger partial charge in [-0.05, 0) is 56.9 Å². The monoisotopic (exact) mass is 562 g/mol. The van der Waals surface area contributed by atoms with Gasteiger partial charge in [0.1, 0.15) is 5.82 Å². The first kappa shape index (κ1) is 30.5. The Bertz CT molecular complexity index is 1180. The number of hydrogen-bond acceptors (Lipinski definition) is 8. The summed E-state index contributed by atoms with van der Waals surface area (Å²) in [6, 6.07) is 8.91. The number of hydrogen-bond donors (Lipinski definition) is 5. The van der Waals surface area contributed by atoms with Gasteiger partial charge in [-0.2, -0.15) is 4.98 Å². The van der Waals surface area contributed by atoms with Crippen LogP contribution in [0.4, 0.5) is 10.6 Å². The number of nitrogens with zero attached hydrogens (tertiary/aromatic N) is 4. The zero-order chi connectivity index (χ0) is 27.4. The number of rotatable bonds is 6. The maximum absolute atomic E-state index is 12.7. The Morgan fingerprint density at radius 2 is 1.69 bits per heavy atom. The van der Waals surface area contributed by atoms with Gasteiger partial charge >= 0.3 is 11.7 Å². The van der Waals surface area contributed by atoms with Gasteiger partial charge in [0.05, 0.1) is 17.3 Å². The van der Waals surface area contributed by atoms with Crippen molar-refractivity contribution in [2.75, 3.05) is 31.5 Å². The van der Waals surface area contributed by atoms with Crippen LogP contribution >= 0.6 is 12.4 Å². The molecule has 214 valence electrons. The average molecular weight is 563 g/mol. The summed E-state index contributed by atoms with van der Waals surface area (Å²) in [5.74, 6) is 0.00692. The predicted octanol–water partition coefficient (Wildman–Crippen LogP) is 0.398. The second-order valence-electron chi connectivity index (χ2n) is 10.8. The molecule has 3 amide bonds. The summed E-state index contributed by atoms with van der Waals surface area (Å²) in [4.78, 5) is 44.9. The number of aliphatic hydroxyl groups is 1. The smallest absolute Gasteiger partial charge is 0.354 e. The molecule has 12 nitrogen and oxygen atoms in total. The maximum atomic E-state index is 12.7. The van der Waals surface area contributed by atoms with Gasteiger partial charge in [-0.25, -0.2) is 9.59 Å². The number of urea groups is 1. The van der Waals surface area contributed by atoms with E-state index in [9.17, 15) is 19.5 Å². The molecule has 1 aromatic heterocycles. The molecule has 0 spiro atoms. The van der Waals surface area contributed by atoms with E-state index < -0.39 is 11.2 Å². The van der Waals surface area contributed by atoms with E-state index >= 15 is 0 Å². The topological polar surface area (TPSA) is 172 Å². The standard InChI is InChI=1S/C26H38N8O4.ClH/c1-26(2,28)23(36)32-9-11-33(12-10-32)24(37)30-22-7-8-34(25(38)31-22)20-5-3-17(4-6-20)16-29-19-13-18(27)14-21(35)15-19;/h3-8,18-19,21,29,35H,9-16,27-28H2,1-2H3,(H,30,31,37,38);1H. The molecule has 39 heavy (non-hydrogen) atoms. The minimum absolute atomic E-state index is 0. The van der Waals surface area contributed by atoms with Crippen LogP contribution in [0.15, 0.2) is 41.3 Å². The first-order valence-corrected chi connectivity index (χ1v) is 13.0. The number of aliphatic hydroxyl groups excluding tert-OH is 1. The van der Waals surface area contributed by atoms with Crippen molar-refractivity contribution in [3.63, 3.8) is 0 Å². The zero-order valence-corrected chi connectivity index (χ0v) is 23.2. The molecule has 4 rings (SSSR count). The van der Waals surface area contributed by atoms with Crippen molar-refractivity contribution in [3.8, 4) is 5.69 Å². The molecule has 1 saturated carbocycles. The van der Waals surface area contributed by atoms with E-state index in [-0.39, 0.29) is 48.4 Å². The zero-order valence-electron chi connectivity index (χ0n) is 22.4. The quantitative estimate of drug-likeness (QED) is 0.336. The van der Waals surface area contributed by atoms with Gasteiger partial charge in [0.15, 0.2) is 0 Å². The molecule has 3 unspecified atom stereocenters. The van der Waals surface area contributed by atoms with E-state index in [0.29, 0.717) is 51.3 Å². The van der Waals surface area contributed by atoms with Crippen LogP contribution in [-0.2, 0) is 11.3 Å². The van der Waals surface area contributed by atoms with Crippen LogP contribution in [-0.4, -0.2) is 86.3 Å². The molecule has 2 fully saturated rings. The van der Waals surface area contributed by atoms with Crippen LogP contribution in [0.25, 0.3) is 5.69 Å². The molecule has 1 aliphatic carbocycles. The molecule has 2 heterocycles. The predicted molar refractivity (Wildman–Crippen MR) is 151 cm³/mol. The maximum Gasteiger partial charge on any atom is 0.354 e. The van der Waals surface area contributed by atoms with Crippen LogP contribution in [0.3, 0.4) is 0 Å². The number of halogens is 1. The number of anilines is 1. The summed E-state index contributed by atoms with van der Waals surface area (Å²) in [6.45, 7) is 5.47. The van der Waals surface area contributed by atoms with Gasteiger partial charge < -0.3 is 31.7 Å². The fourth-order valence-electron chi connectivity index (χ4n) is 4.91. The lowest BCUT2D eigenvalue weighted by Gasteiger charge is -2.37. The molecule has 0 bridgehead atoms.